The number of carbonyl (C=O) groups excluding carboxylic acids is 1. The smallest absolute Gasteiger partial charge is 0.226 e. The maximum absolute atomic E-state index is 12.0. The Hall–Kier alpha value is -2.15. The van der Waals surface area contributed by atoms with Crippen LogP contribution in [0, 0.1) is 13.8 Å². The number of nitrogens with one attached hydrogen (secondary N) is 1. The molecular weight excluding hydrogens is 304 g/mol. The summed E-state index contributed by atoms with van der Waals surface area (Å²) in [6.07, 6.45) is -0.111. The number of carbonyl (C=O) groups is 1. The molecule has 0 spiro atoms. The zero-order valence-corrected chi connectivity index (χ0v) is 13.3. The van der Waals surface area contributed by atoms with Crippen molar-refractivity contribution in [3.8, 4) is 0 Å². The molecule has 2 aromatic rings. The normalized spacial score (nSPS) is 11.4. The highest BCUT2D eigenvalue weighted by molar-refractivity contribution is 7.90. The van der Waals surface area contributed by atoms with Gasteiger partial charge in [0.05, 0.1) is 11.5 Å². The number of rotatable bonds is 6. The second-order valence-electron chi connectivity index (χ2n) is 5.20. The molecule has 2 rings (SSSR count). The van der Waals surface area contributed by atoms with Gasteiger partial charge in [0.1, 0.15) is 5.76 Å². The molecule has 0 bridgehead atoms. The van der Waals surface area contributed by atoms with E-state index in [0.717, 1.165) is 11.1 Å². The van der Waals surface area contributed by atoms with Gasteiger partial charge in [0.2, 0.25) is 5.91 Å². The first-order chi connectivity index (χ1) is 10.3. The number of benzene rings is 1. The van der Waals surface area contributed by atoms with Crippen LogP contribution in [0.3, 0.4) is 0 Å². The lowest BCUT2D eigenvalue weighted by atomic mass is 10.2. The van der Waals surface area contributed by atoms with Gasteiger partial charge in [0, 0.05) is 12.5 Å². The summed E-state index contributed by atoms with van der Waals surface area (Å²) >= 11 is 0. The molecule has 1 N–H and O–H groups in total. The van der Waals surface area contributed by atoms with Gasteiger partial charge in [-0.2, -0.15) is 0 Å². The van der Waals surface area contributed by atoms with Crippen molar-refractivity contribution in [2.75, 3.05) is 11.1 Å². The van der Waals surface area contributed by atoms with E-state index in [4.69, 9.17) is 4.52 Å². The van der Waals surface area contributed by atoms with Gasteiger partial charge >= 0.3 is 0 Å². The quantitative estimate of drug-likeness (QED) is 0.881. The fourth-order valence-electron chi connectivity index (χ4n) is 1.89. The molecule has 6 nitrogen and oxygen atoms in total. The average molecular weight is 322 g/mol. The highest BCUT2D eigenvalue weighted by Gasteiger charge is 2.15. The van der Waals surface area contributed by atoms with Crippen LogP contribution in [0.15, 0.2) is 34.9 Å². The van der Waals surface area contributed by atoms with E-state index in [-0.39, 0.29) is 17.9 Å². The van der Waals surface area contributed by atoms with Gasteiger partial charge in [-0.3, -0.25) is 4.79 Å². The van der Waals surface area contributed by atoms with E-state index in [0.29, 0.717) is 11.6 Å². The summed E-state index contributed by atoms with van der Waals surface area (Å²) in [5.74, 6) is 0.189. The number of hydrogen-bond acceptors (Lipinski definition) is 5. The van der Waals surface area contributed by atoms with Gasteiger partial charge in [-0.15, -0.1) is 0 Å². The Balaban J connectivity index is 1.86. The van der Waals surface area contributed by atoms with Crippen molar-refractivity contribution < 1.29 is 17.7 Å². The highest BCUT2D eigenvalue weighted by Crippen LogP contribution is 2.11. The maximum atomic E-state index is 12.0. The third-order valence-corrected chi connectivity index (χ3v) is 4.64. The molecule has 0 radical (unpaired) electrons. The Morgan fingerprint density at radius 1 is 1.23 bits per heavy atom. The molecule has 0 saturated carbocycles. The fraction of sp³-hybridized carbons (Fsp3) is 0.333. The van der Waals surface area contributed by atoms with E-state index in [9.17, 15) is 13.2 Å². The third kappa shape index (κ3) is 5.00. The van der Waals surface area contributed by atoms with Crippen molar-refractivity contribution in [3.63, 3.8) is 0 Å². The minimum Gasteiger partial charge on any atom is -0.360 e. The van der Waals surface area contributed by atoms with Crippen molar-refractivity contribution in [3.05, 3.63) is 47.2 Å². The Morgan fingerprint density at radius 2 is 1.91 bits per heavy atom. The zero-order chi connectivity index (χ0) is 16.2. The largest absolute Gasteiger partial charge is 0.360 e. The van der Waals surface area contributed by atoms with Gasteiger partial charge in [-0.05, 0) is 19.4 Å². The standard InChI is InChI=1S/C15H18N2O4S/c1-11-3-5-13(6-4-11)10-22(19,20)8-7-15(18)16-14-9-12(2)21-17-14/h3-6,9H,7-8,10H2,1-2H3,(H,16,17,18). The van der Waals surface area contributed by atoms with Gasteiger partial charge in [0.15, 0.2) is 15.7 Å². The second-order valence-corrected chi connectivity index (χ2v) is 7.38. The van der Waals surface area contributed by atoms with E-state index in [2.05, 4.69) is 10.5 Å². The summed E-state index contributed by atoms with van der Waals surface area (Å²) < 4.78 is 28.9. The van der Waals surface area contributed by atoms with Crippen molar-refractivity contribution in [1.82, 2.24) is 5.16 Å². The van der Waals surface area contributed by atoms with Gasteiger partial charge < -0.3 is 9.84 Å². The van der Waals surface area contributed by atoms with Gasteiger partial charge in [-0.1, -0.05) is 35.0 Å². The molecule has 0 fully saturated rings. The lowest BCUT2D eigenvalue weighted by molar-refractivity contribution is -0.115. The fourth-order valence-corrected chi connectivity index (χ4v) is 3.23. The number of sulfone groups is 1. The first kappa shape index (κ1) is 16.2. The predicted molar refractivity (Wildman–Crippen MR) is 83.2 cm³/mol. The molecule has 0 saturated heterocycles. The second kappa shape index (κ2) is 6.74. The van der Waals surface area contributed by atoms with Crippen LogP contribution in [0.1, 0.15) is 23.3 Å². The molecule has 0 aliphatic carbocycles. The van der Waals surface area contributed by atoms with Gasteiger partial charge in [-0.25, -0.2) is 8.42 Å². The number of amides is 1. The molecule has 1 heterocycles. The Kier molecular flexibility index (Phi) is 4.97. The maximum Gasteiger partial charge on any atom is 0.226 e. The molecule has 118 valence electrons. The Bertz CT molecular complexity index is 748. The van der Waals surface area contributed by atoms with Gasteiger partial charge in [0.25, 0.3) is 0 Å². The van der Waals surface area contributed by atoms with Crippen LogP contribution in [0.4, 0.5) is 5.82 Å². The van der Waals surface area contributed by atoms with E-state index >= 15 is 0 Å². The lowest BCUT2D eigenvalue weighted by Gasteiger charge is -2.05. The number of anilines is 1. The Labute approximate surface area is 129 Å². The highest BCUT2D eigenvalue weighted by atomic mass is 32.2. The molecule has 1 amide bonds. The summed E-state index contributed by atoms with van der Waals surface area (Å²) in [7, 11) is -3.33. The van der Waals surface area contributed by atoms with Crippen molar-refractivity contribution in [1.29, 1.82) is 0 Å². The van der Waals surface area contributed by atoms with Crippen LogP contribution < -0.4 is 5.32 Å². The van der Waals surface area contributed by atoms with Crippen LogP contribution in [0.5, 0.6) is 0 Å². The molecule has 22 heavy (non-hydrogen) atoms. The number of aryl methyl sites for hydroxylation is 2. The van der Waals surface area contributed by atoms with Crippen molar-refractivity contribution in [2.45, 2.75) is 26.0 Å². The topological polar surface area (TPSA) is 89.3 Å². The average Bonchev–Trinajstić information content (AvgIpc) is 2.84. The van der Waals surface area contributed by atoms with Crippen molar-refractivity contribution in [2.24, 2.45) is 0 Å². The summed E-state index contributed by atoms with van der Waals surface area (Å²) in [6, 6.07) is 8.86. The molecule has 1 aromatic heterocycles. The summed E-state index contributed by atoms with van der Waals surface area (Å²) in [6.45, 7) is 3.64. The first-order valence-corrected chi connectivity index (χ1v) is 8.65. The molecule has 0 aliphatic heterocycles. The molecular formula is C15H18N2O4S. The lowest BCUT2D eigenvalue weighted by Crippen LogP contribution is -2.18. The van der Waals surface area contributed by atoms with Crippen LogP contribution in [-0.4, -0.2) is 25.2 Å². The molecule has 7 heteroatoms. The molecule has 0 aliphatic rings. The predicted octanol–water partition coefficient (Wildman–Crippen LogP) is 2.24. The van der Waals surface area contributed by atoms with Crippen LogP contribution in [-0.2, 0) is 20.4 Å². The number of hydrogen-bond donors (Lipinski definition) is 1. The minimum absolute atomic E-state index is 0.0658. The summed E-state index contributed by atoms with van der Waals surface area (Å²) in [4.78, 5) is 11.7. The summed E-state index contributed by atoms with van der Waals surface area (Å²) in [5.41, 5.74) is 1.79. The van der Waals surface area contributed by atoms with E-state index < -0.39 is 15.7 Å². The molecule has 1 aromatic carbocycles. The van der Waals surface area contributed by atoms with Crippen LogP contribution in [0.25, 0.3) is 0 Å². The van der Waals surface area contributed by atoms with E-state index in [1.165, 1.54) is 0 Å². The van der Waals surface area contributed by atoms with Crippen LogP contribution >= 0.6 is 0 Å². The van der Waals surface area contributed by atoms with Crippen LogP contribution in [0.2, 0.25) is 0 Å². The van der Waals surface area contributed by atoms with E-state index in [1.54, 1.807) is 25.1 Å². The molecule has 0 unspecified atom stereocenters. The molecule has 0 atom stereocenters. The first-order valence-electron chi connectivity index (χ1n) is 6.83. The van der Waals surface area contributed by atoms with Crippen molar-refractivity contribution >= 4 is 21.6 Å². The SMILES string of the molecule is Cc1ccc(CS(=O)(=O)CCC(=O)Nc2cc(C)on2)cc1. The monoisotopic (exact) mass is 322 g/mol. The zero-order valence-electron chi connectivity index (χ0n) is 12.5. The number of aromatic nitrogens is 1. The van der Waals surface area contributed by atoms with E-state index in [1.807, 2.05) is 19.1 Å². The minimum atomic E-state index is -3.33. The third-order valence-electron chi connectivity index (χ3n) is 3.04. The summed E-state index contributed by atoms with van der Waals surface area (Å²) in [5, 5.41) is 6.12. The number of nitrogens with zero attached hydrogens (tertiary/aromatic N) is 1. The Morgan fingerprint density at radius 3 is 2.50 bits per heavy atom.